The molecule has 0 radical (unpaired) electrons. The Morgan fingerprint density at radius 3 is 1.29 bits per heavy atom. The van der Waals surface area contributed by atoms with Crippen LogP contribution in [0.4, 0.5) is 0 Å². The molecule has 0 saturated heterocycles. The van der Waals surface area contributed by atoms with Crippen LogP contribution in [0.3, 0.4) is 0 Å². The second-order valence-electron chi connectivity index (χ2n) is 7.92. The lowest BCUT2D eigenvalue weighted by Crippen LogP contribution is -1.98. The van der Waals surface area contributed by atoms with E-state index in [2.05, 4.69) is 133 Å². The number of rotatable bonds is 8. The van der Waals surface area contributed by atoms with E-state index in [1.807, 2.05) is 0 Å². The number of hydrogen-bond acceptors (Lipinski definition) is 0. The molecule has 0 nitrogen and oxygen atoms in total. The van der Waals surface area contributed by atoms with Crippen LogP contribution in [0.2, 0.25) is 0 Å². The molecule has 0 saturated carbocycles. The first-order valence-corrected chi connectivity index (χ1v) is 10.9. The molecule has 0 unspecified atom stereocenters. The fourth-order valence-corrected chi connectivity index (χ4v) is 3.88. The molecule has 31 heavy (non-hydrogen) atoms. The molecular weight excluding hydrogens is 372 g/mol. The summed E-state index contributed by atoms with van der Waals surface area (Å²) in [7, 11) is 0. The molecule has 4 aromatic rings. The molecule has 0 aliphatic heterocycles. The molecule has 0 aliphatic carbocycles. The maximum atomic E-state index is 2.42. The van der Waals surface area contributed by atoms with Gasteiger partial charge < -0.3 is 0 Å². The van der Waals surface area contributed by atoms with Crippen LogP contribution in [0.25, 0.3) is 6.08 Å². The van der Waals surface area contributed by atoms with Crippen LogP contribution in [0.1, 0.15) is 22.3 Å². The molecular formula is C31H28. The highest BCUT2D eigenvalue weighted by atomic mass is 14.1. The fourth-order valence-electron chi connectivity index (χ4n) is 3.88. The molecule has 0 amide bonds. The van der Waals surface area contributed by atoms with Gasteiger partial charge in [-0.2, -0.15) is 0 Å². The quantitative estimate of drug-likeness (QED) is 0.266. The zero-order chi connectivity index (χ0) is 21.1. The van der Waals surface area contributed by atoms with E-state index in [9.17, 15) is 0 Å². The van der Waals surface area contributed by atoms with Gasteiger partial charge in [0.05, 0.1) is 0 Å². The van der Waals surface area contributed by atoms with Crippen LogP contribution in [-0.4, -0.2) is 0 Å². The van der Waals surface area contributed by atoms with E-state index in [4.69, 9.17) is 0 Å². The van der Waals surface area contributed by atoms with E-state index in [0.29, 0.717) is 0 Å². The summed E-state index contributed by atoms with van der Waals surface area (Å²) in [5.41, 5.74) is 8.03. The Bertz CT molecular complexity index is 1060. The molecule has 0 aromatic heterocycles. The molecule has 152 valence electrons. The van der Waals surface area contributed by atoms with Gasteiger partial charge in [-0.1, -0.05) is 139 Å². The van der Waals surface area contributed by atoms with Crippen LogP contribution >= 0.6 is 0 Å². The van der Waals surface area contributed by atoms with Crippen LogP contribution in [0.5, 0.6) is 0 Å². The Morgan fingerprint density at radius 2 is 0.839 bits per heavy atom. The Hall–Kier alpha value is -3.64. The molecule has 0 spiro atoms. The van der Waals surface area contributed by atoms with Crippen LogP contribution in [0, 0.1) is 0 Å². The van der Waals surface area contributed by atoms with Gasteiger partial charge in [0.25, 0.3) is 0 Å². The third-order valence-electron chi connectivity index (χ3n) is 5.34. The lowest BCUT2D eigenvalue weighted by Gasteiger charge is -2.12. The van der Waals surface area contributed by atoms with Gasteiger partial charge >= 0.3 is 0 Å². The summed E-state index contributed by atoms with van der Waals surface area (Å²) < 4.78 is 0. The van der Waals surface area contributed by atoms with Gasteiger partial charge in [-0.05, 0) is 47.1 Å². The average Bonchev–Trinajstić information content (AvgIpc) is 2.82. The lowest BCUT2D eigenvalue weighted by molar-refractivity contribution is 1.02. The van der Waals surface area contributed by atoms with Crippen molar-refractivity contribution in [3.05, 3.63) is 161 Å². The predicted molar refractivity (Wildman–Crippen MR) is 133 cm³/mol. The normalized spacial score (nSPS) is 11.2. The first-order chi connectivity index (χ1) is 15.3. The van der Waals surface area contributed by atoms with Crippen LogP contribution in [-0.2, 0) is 19.3 Å². The molecule has 0 N–H and O–H groups in total. The number of benzene rings is 4. The van der Waals surface area contributed by atoms with Crippen molar-refractivity contribution in [2.45, 2.75) is 19.3 Å². The van der Waals surface area contributed by atoms with Crippen molar-refractivity contribution in [1.82, 2.24) is 0 Å². The van der Waals surface area contributed by atoms with E-state index in [0.717, 1.165) is 19.3 Å². The zero-order valence-electron chi connectivity index (χ0n) is 17.8. The SMILES string of the molecule is C(=C(Cc1ccccc1)Cc1ccccc1)/C(=C\c1ccccc1)Cc1ccccc1. The molecule has 0 aliphatic rings. The molecule has 0 fully saturated rings. The summed E-state index contributed by atoms with van der Waals surface area (Å²) in [5, 5.41) is 0. The zero-order valence-corrected chi connectivity index (χ0v) is 17.8. The van der Waals surface area contributed by atoms with Crippen molar-refractivity contribution in [3.63, 3.8) is 0 Å². The monoisotopic (exact) mass is 400 g/mol. The smallest absolute Gasteiger partial charge is 0.00256 e. The Balaban J connectivity index is 1.70. The van der Waals surface area contributed by atoms with E-state index >= 15 is 0 Å². The predicted octanol–water partition coefficient (Wildman–Crippen LogP) is 7.72. The fraction of sp³-hybridized carbons (Fsp3) is 0.0968. The van der Waals surface area contributed by atoms with E-state index in [1.54, 1.807) is 0 Å². The molecule has 4 rings (SSSR count). The van der Waals surface area contributed by atoms with Crippen molar-refractivity contribution in [3.8, 4) is 0 Å². The maximum Gasteiger partial charge on any atom is -0.00256 e. The number of hydrogen-bond donors (Lipinski definition) is 0. The van der Waals surface area contributed by atoms with Crippen molar-refractivity contribution in [2.24, 2.45) is 0 Å². The summed E-state index contributed by atoms with van der Waals surface area (Å²) in [6, 6.07) is 42.9. The van der Waals surface area contributed by atoms with Gasteiger partial charge in [0.1, 0.15) is 0 Å². The summed E-state index contributed by atoms with van der Waals surface area (Å²) in [6.07, 6.45) is 7.57. The second kappa shape index (κ2) is 10.9. The molecule has 0 bridgehead atoms. The largest absolute Gasteiger partial charge is 0.0622 e. The lowest BCUT2D eigenvalue weighted by atomic mass is 9.93. The minimum atomic E-state index is 0.919. The van der Waals surface area contributed by atoms with Gasteiger partial charge in [0.2, 0.25) is 0 Å². The van der Waals surface area contributed by atoms with Gasteiger partial charge in [0.15, 0.2) is 0 Å². The Morgan fingerprint density at radius 1 is 0.452 bits per heavy atom. The standard InChI is InChI=1S/C31H28/c1-5-13-26(14-6-1)21-30(22-27-15-7-2-8-16-27)25-31(23-28-17-9-3-10-18-28)24-29-19-11-4-12-20-29/h1-21,25H,22-24H2/b30-21-. The highest BCUT2D eigenvalue weighted by Crippen LogP contribution is 2.20. The topological polar surface area (TPSA) is 0 Å². The minimum Gasteiger partial charge on any atom is -0.0622 e. The third-order valence-corrected chi connectivity index (χ3v) is 5.34. The molecule has 4 aromatic carbocycles. The van der Waals surface area contributed by atoms with Crippen molar-refractivity contribution < 1.29 is 0 Å². The van der Waals surface area contributed by atoms with Crippen LogP contribution < -0.4 is 0 Å². The summed E-state index contributed by atoms with van der Waals surface area (Å²) in [6.45, 7) is 0. The minimum absolute atomic E-state index is 0.919. The van der Waals surface area contributed by atoms with Crippen molar-refractivity contribution in [1.29, 1.82) is 0 Å². The van der Waals surface area contributed by atoms with E-state index in [1.165, 1.54) is 33.4 Å². The Kier molecular flexibility index (Phi) is 7.28. The second-order valence-corrected chi connectivity index (χ2v) is 7.92. The van der Waals surface area contributed by atoms with Crippen LogP contribution in [0.15, 0.2) is 139 Å². The first kappa shape index (κ1) is 20.6. The van der Waals surface area contributed by atoms with E-state index < -0.39 is 0 Å². The summed E-state index contributed by atoms with van der Waals surface area (Å²) in [4.78, 5) is 0. The third kappa shape index (κ3) is 6.69. The van der Waals surface area contributed by atoms with Crippen molar-refractivity contribution >= 4 is 6.08 Å². The summed E-state index contributed by atoms with van der Waals surface area (Å²) >= 11 is 0. The number of allylic oxidation sites excluding steroid dienone is 3. The Labute approximate surface area is 186 Å². The van der Waals surface area contributed by atoms with Gasteiger partial charge in [-0.25, -0.2) is 0 Å². The van der Waals surface area contributed by atoms with Gasteiger partial charge in [-0.3, -0.25) is 0 Å². The van der Waals surface area contributed by atoms with Crippen molar-refractivity contribution in [2.75, 3.05) is 0 Å². The van der Waals surface area contributed by atoms with E-state index in [-0.39, 0.29) is 0 Å². The summed E-state index contributed by atoms with van der Waals surface area (Å²) in [5.74, 6) is 0. The average molecular weight is 401 g/mol. The highest BCUT2D eigenvalue weighted by Gasteiger charge is 2.06. The molecule has 0 heteroatoms. The molecule has 0 heterocycles. The maximum absolute atomic E-state index is 2.42. The molecule has 0 atom stereocenters. The van der Waals surface area contributed by atoms with Gasteiger partial charge in [-0.15, -0.1) is 0 Å². The van der Waals surface area contributed by atoms with Gasteiger partial charge in [0, 0.05) is 0 Å². The highest BCUT2D eigenvalue weighted by molar-refractivity contribution is 5.57. The first-order valence-electron chi connectivity index (χ1n) is 10.9.